The Labute approximate surface area is 129 Å². The van der Waals surface area contributed by atoms with Crippen LogP contribution >= 0.6 is 49.2 Å². The largest absolute Gasteiger partial charge is 0.493 e. The molecule has 104 valence electrons. The van der Waals surface area contributed by atoms with Gasteiger partial charge in [0.05, 0.1) is 0 Å². The Hall–Kier alpha value is 1.53. The predicted molar refractivity (Wildman–Crippen MR) is 84.6 cm³/mol. The number of halogens is 4. The molecule has 0 heterocycles. The average molecular weight is 385 g/mol. The molecule has 0 radical (unpaired) electrons. The minimum atomic E-state index is -2.84. The van der Waals surface area contributed by atoms with E-state index < -0.39 is 6.25 Å². The fourth-order valence-electron chi connectivity index (χ4n) is 1.62. The van der Waals surface area contributed by atoms with Crippen LogP contribution in [0.25, 0.3) is 0 Å². The molecular formula is C11H22BrCl3OSi. The van der Waals surface area contributed by atoms with Crippen molar-refractivity contribution in [2.24, 2.45) is 0 Å². The average Bonchev–Trinajstić information content (AvgIpc) is 2.24. The molecule has 0 spiro atoms. The van der Waals surface area contributed by atoms with Crippen LogP contribution in [-0.2, 0) is 4.43 Å². The first-order valence-corrected chi connectivity index (χ1v) is 12.4. The molecule has 0 aliphatic rings. The molecule has 0 aromatic carbocycles. The van der Waals surface area contributed by atoms with E-state index in [0.29, 0.717) is 6.61 Å². The third kappa shape index (κ3) is 17.5. The minimum Gasteiger partial charge on any atom is -0.381 e. The second-order valence-electron chi connectivity index (χ2n) is 4.17. The molecule has 0 saturated heterocycles. The lowest BCUT2D eigenvalue weighted by molar-refractivity contribution is 0.320. The maximum atomic E-state index is 5.60. The van der Waals surface area contributed by atoms with E-state index in [2.05, 4.69) is 15.9 Å². The number of unbranched alkanes of at least 4 members (excludes halogenated alkanes) is 8. The molecule has 0 saturated carbocycles. The highest BCUT2D eigenvalue weighted by atomic mass is 79.9. The van der Waals surface area contributed by atoms with Gasteiger partial charge < -0.3 is 4.43 Å². The van der Waals surface area contributed by atoms with E-state index in [1.807, 2.05) is 0 Å². The minimum absolute atomic E-state index is 0.591. The first-order valence-electron chi connectivity index (χ1n) is 6.33. The highest BCUT2D eigenvalue weighted by Gasteiger charge is 2.26. The zero-order chi connectivity index (χ0) is 13.0. The number of rotatable bonds is 12. The molecule has 0 aromatic heterocycles. The van der Waals surface area contributed by atoms with Crippen LogP contribution in [0, 0.1) is 0 Å². The molecule has 0 N–H and O–H groups in total. The van der Waals surface area contributed by atoms with Gasteiger partial charge in [0, 0.05) is 11.9 Å². The van der Waals surface area contributed by atoms with Crippen LogP contribution in [0.4, 0.5) is 0 Å². The van der Waals surface area contributed by atoms with Crippen LogP contribution in [0.5, 0.6) is 0 Å². The lowest BCUT2D eigenvalue weighted by atomic mass is 10.1. The van der Waals surface area contributed by atoms with Crippen molar-refractivity contribution < 1.29 is 4.43 Å². The highest BCUT2D eigenvalue weighted by molar-refractivity contribution is 9.09. The van der Waals surface area contributed by atoms with Crippen molar-refractivity contribution in [1.29, 1.82) is 0 Å². The first kappa shape index (κ1) is 18.5. The zero-order valence-corrected chi connectivity index (χ0v) is 15.1. The molecule has 0 bridgehead atoms. The Morgan fingerprint density at radius 3 is 1.53 bits per heavy atom. The summed E-state index contributed by atoms with van der Waals surface area (Å²) in [7, 11) is 0. The summed E-state index contributed by atoms with van der Waals surface area (Å²) in [6.45, 7) is 0.591. The first-order chi connectivity index (χ1) is 8.06. The molecule has 0 fully saturated rings. The standard InChI is InChI=1S/C11H22BrCl3OSi/c12-10-8-6-4-2-1-3-5-7-9-11-16-17(13,14)15/h1-11H2. The van der Waals surface area contributed by atoms with Gasteiger partial charge in [0.15, 0.2) is 0 Å². The van der Waals surface area contributed by atoms with Gasteiger partial charge in [-0.25, -0.2) is 0 Å². The van der Waals surface area contributed by atoms with Gasteiger partial charge in [0.25, 0.3) is 0 Å². The Kier molecular flexibility index (Phi) is 13.7. The summed E-state index contributed by atoms with van der Waals surface area (Å²) in [4.78, 5) is 0. The summed E-state index contributed by atoms with van der Waals surface area (Å²) in [5, 5.41) is 1.14. The van der Waals surface area contributed by atoms with Crippen molar-refractivity contribution in [2.75, 3.05) is 11.9 Å². The van der Waals surface area contributed by atoms with Crippen LogP contribution in [0.2, 0.25) is 0 Å². The lowest BCUT2D eigenvalue weighted by Crippen LogP contribution is -2.16. The highest BCUT2D eigenvalue weighted by Crippen LogP contribution is 2.21. The fraction of sp³-hybridized carbons (Fsp3) is 1.00. The third-order valence-electron chi connectivity index (χ3n) is 2.54. The van der Waals surface area contributed by atoms with Crippen LogP contribution in [0.3, 0.4) is 0 Å². The van der Waals surface area contributed by atoms with Crippen LogP contribution in [0.15, 0.2) is 0 Å². The normalized spacial score (nSPS) is 12.0. The Balaban J connectivity index is 2.99. The molecule has 0 rings (SSSR count). The predicted octanol–water partition coefficient (Wildman–Crippen LogP) is 6.06. The zero-order valence-electron chi connectivity index (χ0n) is 10.2. The van der Waals surface area contributed by atoms with Crippen molar-refractivity contribution >= 4 is 55.4 Å². The number of alkyl halides is 1. The van der Waals surface area contributed by atoms with Crippen molar-refractivity contribution in [3.8, 4) is 0 Å². The summed E-state index contributed by atoms with van der Waals surface area (Å²) >= 11 is 20.2. The van der Waals surface area contributed by atoms with Gasteiger partial charge in [-0.15, -0.1) is 0 Å². The molecule has 6 heteroatoms. The second kappa shape index (κ2) is 12.6. The van der Waals surface area contributed by atoms with Gasteiger partial charge in [-0.2, -0.15) is 0 Å². The van der Waals surface area contributed by atoms with Gasteiger partial charge in [0.1, 0.15) is 0 Å². The van der Waals surface area contributed by atoms with E-state index in [1.165, 1.54) is 51.4 Å². The molecule has 0 aliphatic carbocycles. The molecule has 1 nitrogen and oxygen atoms in total. The van der Waals surface area contributed by atoms with Gasteiger partial charge in [-0.3, -0.25) is 0 Å². The molecular weight excluding hydrogens is 362 g/mol. The van der Waals surface area contributed by atoms with Gasteiger partial charge in [-0.1, -0.05) is 94.1 Å². The molecule has 17 heavy (non-hydrogen) atoms. The molecule has 0 aliphatic heterocycles. The Bertz CT molecular complexity index is 167. The fourth-order valence-corrected chi connectivity index (χ4v) is 3.09. The SMILES string of the molecule is Cl[Si](Cl)(Cl)OCCCCCCCCCCCBr. The van der Waals surface area contributed by atoms with Crippen molar-refractivity contribution in [2.45, 2.75) is 57.8 Å². The van der Waals surface area contributed by atoms with E-state index in [0.717, 1.165) is 11.8 Å². The van der Waals surface area contributed by atoms with E-state index in [4.69, 9.17) is 37.7 Å². The van der Waals surface area contributed by atoms with Crippen molar-refractivity contribution in [1.82, 2.24) is 0 Å². The summed E-state index contributed by atoms with van der Waals surface area (Å²) in [6.07, 6.45) is 8.67. The molecule has 0 unspecified atom stereocenters. The lowest BCUT2D eigenvalue weighted by Gasteiger charge is -2.08. The molecule has 0 amide bonds. The number of hydrogen-bond donors (Lipinski definition) is 0. The topological polar surface area (TPSA) is 9.23 Å². The summed E-state index contributed by atoms with van der Waals surface area (Å²) in [5.74, 6) is 0. The van der Waals surface area contributed by atoms with E-state index in [1.54, 1.807) is 0 Å². The monoisotopic (exact) mass is 382 g/mol. The second-order valence-corrected chi connectivity index (χ2v) is 12.7. The Morgan fingerprint density at radius 2 is 1.12 bits per heavy atom. The van der Waals surface area contributed by atoms with Gasteiger partial charge in [0.2, 0.25) is 0 Å². The summed E-state index contributed by atoms with van der Waals surface area (Å²) in [5.41, 5.74) is 0. The van der Waals surface area contributed by atoms with Crippen molar-refractivity contribution in [3.63, 3.8) is 0 Å². The van der Waals surface area contributed by atoms with Crippen molar-refractivity contribution in [3.05, 3.63) is 0 Å². The van der Waals surface area contributed by atoms with Crippen LogP contribution in [0.1, 0.15) is 57.8 Å². The van der Waals surface area contributed by atoms with Crippen LogP contribution < -0.4 is 0 Å². The maximum absolute atomic E-state index is 5.60. The van der Waals surface area contributed by atoms with Crippen LogP contribution in [-0.4, -0.2) is 18.2 Å². The van der Waals surface area contributed by atoms with E-state index in [-0.39, 0.29) is 0 Å². The summed E-state index contributed by atoms with van der Waals surface area (Å²) in [6, 6.07) is 0. The maximum Gasteiger partial charge on any atom is 0.493 e. The Morgan fingerprint density at radius 1 is 0.706 bits per heavy atom. The quantitative estimate of drug-likeness (QED) is 0.172. The third-order valence-corrected chi connectivity index (χ3v) is 4.62. The summed E-state index contributed by atoms with van der Waals surface area (Å²) < 4.78 is 5.13. The van der Waals surface area contributed by atoms with Gasteiger partial charge >= 0.3 is 6.25 Å². The van der Waals surface area contributed by atoms with E-state index in [9.17, 15) is 0 Å². The number of hydrogen-bond acceptors (Lipinski definition) is 1. The molecule has 0 aromatic rings. The van der Waals surface area contributed by atoms with Gasteiger partial charge in [-0.05, 0) is 12.8 Å². The van der Waals surface area contributed by atoms with E-state index >= 15 is 0 Å². The smallest absolute Gasteiger partial charge is 0.381 e. The molecule has 0 atom stereocenters.